The van der Waals surface area contributed by atoms with Gasteiger partial charge in [-0.25, -0.2) is 9.18 Å². The third-order valence-corrected chi connectivity index (χ3v) is 6.21. The van der Waals surface area contributed by atoms with Crippen LogP contribution < -0.4 is 10.6 Å². The van der Waals surface area contributed by atoms with Gasteiger partial charge in [0.2, 0.25) is 5.91 Å². The summed E-state index contributed by atoms with van der Waals surface area (Å²) in [7, 11) is 3.83. The van der Waals surface area contributed by atoms with Crippen LogP contribution in [0.4, 0.5) is 14.9 Å². The van der Waals surface area contributed by atoms with Gasteiger partial charge in [0.05, 0.1) is 12.5 Å². The van der Waals surface area contributed by atoms with E-state index in [1.165, 1.54) is 12.1 Å². The highest BCUT2D eigenvalue weighted by atomic mass is 32.2. The lowest BCUT2D eigenvalue weighted by Gasteiger charge is -2.26. The van der Waals surface area contributed by atoms with Crippen LogP contribution in [-0.2, 0) is 11.2 Å². The molecule has 0 aliphatic carbocycles. The van der Waals surface area contributed by atoms with Gasteiger partial charge in [-0.2, -0.15) is 11.8 Å². The van der Waals surface area contributed by atoms with E-state index in [1.54, 1.807) is 24.3 Å². The Bertz CT molecular complexity index is 868. The molecule has 8 heteroatoms. The van der Waals surface area contributed by atoms with Crippen molar-refractivity contribution in [2.45, 2.75) is 12.5 Å². The summed E-state index contributed by atoms with van der Waals surface area (Å²) in [4.78, 5) is 28.6. The summed E-state index contributed by atoms with van der Waals surface area (Å²) in [5.74, 6) is 1.86. The quantitative estimate of drug-likeness (QED) is 0.687. The second kappa shape index (κ2) is 11.2. The minimum atomic E-state index is -0.316. The average molecular weight is 445 g/mol. The van der Waals surface area contributed by atoms with Crippen LogP contribution in [0.15, 0.2) is 48.5 Å². The number of benzene rings is 2. The van der Waals surface area contributed by atoms with E-state index < -0.39 is 0 Å². The van der Waals surface area contributed by atoms with E-state index in [1.807, 2.05) is 47.8 Å². The van der Waals surface area contributed by atoms with Gasteiger partial charge in [0, 0.05) is 36.8 Å². The summed E-state index contributed by atoms with van der Waals surface area (Å²) < 4.78 is 13.2. The number of hydrogen-bond donors (Lipinski definition) is 2. The standard InChI is InChI=1S/C23H29FN4O2S/c1-27(2)21(18-5-7-19(24)8-6-18)16-25-23(30)26-20-9-3-17(4-10-20)15-22(29)28-11-13-31-14-12-28/h3-10,21H,11-16H2,1-2H3,(H2,25,26,30). The maximum Gasteiger partial charge on any atom is 0.319 e. The van der Waals surface area contributed by atoms with Gasteiger partial charge < -0.3 is 20.4 Å². The van der Waals surface area contributed by atoms with E-state index in [0.717, 1.165) is 35.7 Å². The molecule has 6 nitrogen and oxygen atoms in total. The topological polar surface area (TPSA) is 64.7 Å². The summed E-state index contributed by atoms with van der Waals surface area (Å²) in [5.41, 5.74) is 2.51. The maximum absolute atomic E-state index is 13.2. The number of nitrogens with one attached hydrogen (secondary N) is 2. The number of urea groups is 1. The Morgan fingerprint density at radius 1 is 1.06 bits per heavy atom. The average Bonchev–Trinajstić information content (AvgIpc) is 2.77. The number of carbonyl (C=O) groups excluding carboxylic acids is 2. The Hall–Kier alpha value is -2.58. The monoisotopic (exact) mass is 444 g/mol. The molecule has 1 aliphatic heterocycles. The number of likely N-dealkylation sites (N-methyl/N-ethyl adjacent to an activating group) is 1. The number of anilines is 1. The number of nitrogens with zero attached hydrogens (tertiary/aromatic N) is 2. The van der Waals surface area contributed by atoms with E-state index in [0.29, 0.717) is 18.7 Å². The third kappa shape index (κ3) is 6.97. The van der Waals surface area contributed by atoms with Crippen molar-refractivity contribution in [1.82, 2.24) is 15.1 Å². The predicted molar refractivity (Wildman–Crippen MR) is 124 cm³/mol. The lowest BCUT2D eigenvalue weighted by atomic mass is 10.1. The number of hydrogen-bond acceptors (Lipinski definition) is 4. The van der Waals surface area contributed by atoms with E-state index in [9.17, 15) is 14.0 Å². The highest BCUT2D eigenvalue weighted by Crippen LogP contribution is 2.18. The molecule has 1 heterocycles. The van der Waals surface area contributed by atoms with Crippen molar-refractivity contribution in [2.75, 3.05) is 50.6 Å². The van der Waals surface area contributed by atoms with E-state index in [4.69, 9.17) is 0 Å². The molecule has 0 aromatic heterocycles. The first-order valence-corrected chi connectivity index (χ1v) is 11.5. The first-order chi connectivity index (χ1) is 14.9. The molecule has 166 valence electrons. The van der Waals surface area contributed by atoms with Crippen molar-refractivity contribution >= 4 is 29.4 Å². The van der Waals surface area contributed by atoms with Crippen molar-refractivity contribution in [1.29, 1.82) is 0 Å². The van der Waals surface area contributed by atoms with Gasteiger partial charge in [-0.1, -0.05) is 24.3 Å². The molecule has 3 rings (SSSR count). The molecule has 0 spiro atoms. The lowest BCUT2D eigenvalue weighted by molar-refractivity contribution is -0.130. The van der Waals surface area contributed by atoms with Gasteiger partial charge in [-0.3, -0.25) is 4.79 Å². The fourth-order valence-corrected chi connectivity index (χ4v) is 4.36. The second-order valence-electron chi connectivity index (χ2n) is 7.73. The van der Waals surface area contributed by atoms with Crippen LogP contribution in [0, 0.1) is 5.82 Å². The van der Waals surface area contributed by atoms with Crippen molar-refractivity contribution in [3.05, 3.63) is 65.5 Å². The van der Waals surface area contributed by atoms with Crippen molar-refractivity contribution < 1.29 is 14.0 Å². The molecule has 1 saturated heterocycles. The molecule has 1 unspecified atom stereocenters. The second-order valence-corrected chi connectivity index (χ2v) is 8.96. The van der Waals surface area contributed by atoms with E-state index >= 15 is 0 Å². The molecular formula is C23H29FN4O2S. The minimum Gasteiger partial charge on any atom is -0.341 e. The highest BCUT2D eigenvalue weighted by molar-refractivity contribution is 7.99. The zero-order valence-corrected chi connectivity index (χ0v) is 18.8. The summed E-state index contributed by atoms with van der Waals surface area (Å²) in [6, 6.07) is 13.2. The molecule has 31 heavy (non-hydrogen) atoms. The largest absolute Gasteiger partial charge is 0.341 e. The van der Waals surface area contributed by atoms with Crippen LogP contribution in [0.3, 0.4) is 0 Å². The SMILES string of the molecule is CN(C)C(CNC(=O)Nc1ccc(CC(=O)N2CCSCC2)cc1)c1ccc(F)cc1. The molecule has 1 aliphatic rings. The molecule has 0 bridgehead atoms. The molecule has 2 N–H and O–H groups in total. The number of carbonyl (C=O) groups is 2. The van der Waals surface area contributed by atoms with Gasteiger partial charge in [-0.05, 0) is 49.5 Å². The highest BCUT2D eigenvalue weighted by Gasteiger charge is 2.17. The first kappa shape index (κ1) is 23.1. The fraction of sp³-hybridized carbons (Fsp3) is 0.391. The first-order valence-electron chi connectivity index (χ1n) is 10.3. The third-order valence-electron chi connectivity index (χ3n) is 5.27. The van der Waals surface area contributed by atoms with Crippen molar-refractivity contribution in [3.63, 3.8) is 0 Å². The van der Waals surface area contributed by atoms with E-state index in [2.05, 4.69) is 10.6 Å². The van der Waals surface area contributed by atoms with Crippen LogP contribution in [-0.4, -0.2) is 67.0 Å². The molecular weight excluding hydrogens is 415 g/mol. The molecule has 1 atom stereocenters. The fourth-order valence-electron chi connectivity index (χ4n) is 3.45. The zero-order chi connectivity index (χ0) is 22.2. The Morgan fingerprint density at radius 3 is 2.32 bits per heavy atom. The van der Waals surface area contributed by atoms with Crippen molar-refractivity contribution in [3.8, 4) is 0 Å². The number of thioether (sulfide) groups is 1. The zero-order valence-electron chi connectivity index (χ0n) is 17.9. The van der Waals surface area contributed by atoms with Crippen LogP contribution in [0.25, 0.3) is 0 Å². The molecule has 2 aromatic carbocycles. The number of rotatable bonds is 7. The molecule has 2 aromatic rings. The normalized spacial score (nSPS) is 14.9. The lowest BCUT2D eigenvalue weighted by Crippen LogP contribution is -2.38. The molecule has 0 radical (unpaired) electrons. The Balaban J connectivity index is 1.49. The summed E-state index contributed by atoms with van der Waals surface area (Å²) in [5, 5.41) is 5.68. The van der Waals surface area contributed by atoms with Crippen molar-refractivity contribution in [2.24, 2.45) is 0 Å². The summed E-state index contributed by atoms with van der Waals surface area (Å²) in [6.07, 6.45) is 0.374. The van der Waals surface area contributed by atoms with E-state index in [-0.39, 0.29) is 23.8 Å². The maximum atomic E-state index is 13.2. The van der Waals surface area contributed by atoms with Crippen LogP contribution in [0.1, 0.15) is 17.2 Å². The summed E-state index contributed by atoms with van der Waals surface area (Å²) in [6.45, 7) is 2.01. The molecule has 3 amide bonds. The Labute approximate surface area is 187 Å². The summed E-state index contributed by atoms with van der Waals surface area (Å²) >= 11 is 1.88. The Kier molecular flexibility index (Phi) is 8.31. The smallest absolute Gasteiger partial charge is 0.319 e. The minimum absolute atomic E-state index is 0.0760. The van der Waals surface area contributed by atoms with Gasteiger partial charge in [0.1, 0.15) is 5.82 Å². The van der Waals surface area contributed by atoms with Gasteiger partial charge in [-0.15, -0.1) is 0 Å². The molecule has 1 fully saturated rings. The Morgan fingerprint density at radius 2 is 1.71 bits per heavy atom. The van der Waals surface area contributed by atoms with Gasteiger partial charge in [0.15, 0.2) is 0 Å². The van der Waals surface area contributed by atoms with Gasteiger partial charge in [0.25, 0.3) is 0 Å². The molecule has 0 saturated carbocycles. The predicted octanol–water partition coefficient (Wildman–Crippen LogP) is 3.37. The number of amides is 3. The number of halogens is 1. The van der Waals surface area contributed by atoms with Crippen LogP contribution in [0.2, 0.25) is 0 Å². The van der Waals surface area contributed by atoms with Crippen LogP contribution in [0.5, 0.6) is 0 Å². The van der Waals surface area contributed by atoms with Gasteiger partial charge >= 0.3 is 6.03 Å². The van der Waals surface area contributed by atoms with Crippen LogP contribution >= 0.6 is 11.8 Å².